The van der Waals surface area contributed by atoms with Gasteiger partial charge in [-0.15, -0.1) is 0 Å². The second-order valence-corrected chi connectivity index (χ2v) is 11.6. The third-order valence-electron chi connectivity index (χ3n) is 8.23. The van der Waals surface area contributed by atoms with Gasteiger partial charge in [-0.3, -0.25) is 0 Å². The Morgan fingerprint density at radius 3 is 1.11 bits per heavy atom. The Labute approximate surface area is 228 Å². The average Bonchev–Trinajstić information content (AvgIpc) is 2.98. The molecule has 0 spiro atoms. The maximum absolute atomic E-state index is 4.97. The van der Waals surface area contributed by atoms with E-state index in [1.807, 2.05) is 12.1 Å². The van der Waals surface area contributed by atoms with Crippen molar-refractivity contribution < 1.29 is 0 Å². The van der Waals surface area contributed by atoms with Gasteiger partial charge in [-0.1, -0.05) is 115 Å². The predicted octanol–water partition coefficient (Wildman–Crippen LogP) is 9.73. The zero-order chi connectivity index (χ0) is 25.0. The minimum Gasteiger partial charge on any atom is -0.208 e. The summed E-state index contributed by atoms with van der Waals surface area (Å²) in [6.45, 7) is 0. The normalized spacial score (nSPS) is 17.1. The predicted molar refractivity (Wildman–Crippen MR) is 155 cm³/mol. The quantitative estimate of drug-likeness (QED) is 0.247. The second kappa shape index (κ2) is 11.3. The second-order valence-electron chi connectivity index (χ2n) is 10.7. The topological polar surface area (TPSA) is 38.7 Å². The summed E-state index contributed by atoms with van der Waals surface area (Å²) in [5.41, 5.74) is 5.97. The van der Waals surface area contributed by atoms with Crippen LogP contribution in [0.15, 0.2) is 77.3 Å². The molecule has 0 bridgehead atoms. The first kappa shape index (κ1) is 24.5. The lowest BCUT2D eigenvalue weighted by Gasteiger charge is -2.22. The minimum absolute atomic E-state index is 0.692. The first-order chi connectivity index (χ1) is 18.2. The lowest BCUT2D eigenvalue weighted by atomic mass is 9.84. The Balaban J connectivity index is 1.35. The van der Waals surface area contributed by atoms with Gasteiger partial charge in [0, 0.05) is 21.2 Å². The Morgan fingerprint density at radius 1 is 0.432 bits per heavy atom. The van der Waals surface area contributed by atoms with E-state index < -0.39 is 0 Å². The molecule has 37 heavy (non-hydrogen) atoms. The van der Waals surface area contributed by atoms with Crippen LogP contribution in [0.4, 0.5) is 0 Å². The molecule has 1 heterocycles. The van der Waals surface area contributed by atoms with Crippen molar-refractivity contribution in [3.8, 4) is 34.2 Å². The molecule has 0 radical (unpaired) electrons. The van der Waals surface area contributed by atoms with Crippen LogP contribution in [0.1, 0.15) is 87.2 Å². The summed E-state index contributed by atoms with van der Waals surface area (Å²) < 4.78 is 1.04. The molecule has 6 rings (SSSR count). The summed E-state index contributed by atoms with van der Waals surface area (Å²) in [7, 11) is 0. The molecule has 1 aromatic heterocycles. The summed E-state index contributed by atoms with van der Waals surface area (Å²) >= 11 is 3.55. The van der Waals surface area contributed by atoms with E-state index in [2.05, 4.69) is 76.6 Å². The fourth-order valence-electron chi connectivity index (χ4n) is 6.04. The number of hydrogen-bond acceptors (Lipinski definition) is 3. The number of aromatic nitrogens is 3. The molecule has 2 aliphatic rings. The molecule has 4 aromatic rings. The van der Waals surface area contributed by atoms with Crippen molar-refractivity contribution in [1.29, 1.82) is 0 Å². The van der Waals surface area contributed by atoms with Crippen molar-refractivity contribution in [2.45, 2.75) is 76.0 Å². The van der Waals surface area contributed by atoms with Crippen LogP contribution in [-0.4, -0.2) is 15.0 Å². The van der Waals surface area contributed by atoms with Crippen molar-refractivity contribution in [3.63, 3.8) is 0 Å². The van der Waals surface area contributed by atoms with E-state index in [4.69, 9.17) is 15.0 Å². The maximum Gasteiger partial charge on any atom is 0.164 e. The summed E-state index contributed by atoms with van der Waals surface area (Å²) in [6, 6.07) is 26.1. The van der Waals surface area contributed by atoms with Crippen LogP contribution in [0, 0.1) is 0 Å². The average molecular weight is 553 g/mol. The van der Waals surface area contributed by atoms with Crippen LogP contribution in [-0.2, 0) is 0 Å². The van der Waals surface area contributed by atoms with E-state index in [-0.39, 0.29) is 0 Å². The highest BCUT2D eigenvalue weighted by atomic mass is 79.9. The van der Waals surface area contributed by atoms with Gasteiger partial charge in [0.05, 0.1) is 0 Å². The van der Waals surface area contributed by atoms with Gasteiger partial charge in [-0.25, -0.2) is 15.0 Å². The van der Waals surface area contributed by atoms with Crippen molar-refractivity contribution in [3.05, 3.63) is 88.4 Å². The first-order valence-corrected chi connectivity index (χ1v) is 14.7. The number of nitrogens with zero attached hydrogens (tertiary/aromatic N) is 3. The third kappa shape index (κ3) is 5.70. The highest BCUT2D eigenvalue weighted by Crippen LogP contribution is 2.35. The molecule has 0 aliphatic heterocycles. The monoisotopic (exact) mass is 551 g/mol. The zero-order valence-electron chi connectivity index (χ0n) is 21.4. The Hall–Kier alpha value is -2.85. The standard InChI is InChI=1S/C33H34BrN3/c34-30-21-19-29(20-22-30)33-36-31(27-15-11-25(12-16-27)23-7-3-1-4-8-23)35-32(37-33)28-17-13-26(14-18-28)24-9-5-2-6-10-24/h11-24H,1-10H2. The van der Waals surface area contributed by atoms with Gasteiger partial charge in [-0.2, -0.15) is 0 Å². The fraction of sp³-hybridized carbons (Fsp3) is 0.364. The number of hydrogen-bond donors (Lipinski definition) is 0. The van der Waals surface area contributed by atoms with Gasteiger partial charge in [0.2, 0.25) is 0 Å². The van der Waals surface area contributed by atoms with Gasteiger partial charge in [0.25, 0.3) is 0 Å². The Bertz CT molecular complexity index is 1240. The van der Waals surface area contributed by atoms with Crippen molar-refractivity contribution in [1.82, 2.24) is 15.0 Å². The van der Waals surface area contributed by atoms with Gasteiger partial charge in [-0.05, 0) is 60.8 Å². The van der Waals surface area contributed by atoms with E-state index in [1.165, 1.54) is 75.3 Å². The fourth-order valence-corrected chi connectivity index (χ4v) is 6.31. The molecule has 2 aliphatic carbocycles. The zero-order valence-corrected chi connectivity index (χ0v) is 23.0. The van der Waals surface area contributed by atoms with E-state index in [0.29, 0.717) is 17.7 Å². The van der Waals surface area contributed by atoms with E-state index in [0.717, 1.165) is 32.8 Å². The number of benzene rings is 3. The Kier molecular flexibility index (Phi) is 7.45. The Morgan fingerprint density at radius 2 is 0.757 bits per heavy atom. The van der Waals surface area contributed by atoms with Gasteiger partial charge in [0.1, 0.15) is 0 Å². The molecule has 0 atom stereocenters. The van der Waals surface area contributed by atoms with Crippen LogP contribution in [0.25, 0.3) is 34.2 Å². The lowest BCUT2D eigenvalue weighted by molar-refractivity contribution is 0.443. The highest BCUT2D eigenvalue weighted by molar-refractivity contribution is 9.10. The molecule has 3 aromatic carbocycles. The van der Waals surface area contributed by atoms with Crippen LogP contribution in [0.2, 0.25) is 0 Å². The van der Waals surface area contributed by atoms with E-state index in [9.17, 15) is 0 Å². The molecule has 0 amide bonds. The maximum atomic E-state index is 4.97. The third-order valence-corrected chi connectivity index (χ3v) is 8.76. The minimum atomic E-state index is 0.692. The number of rotatable bonds is 5. The van der Waals surface area contributed by atoms with Crippen molar-refractivity contribution in [2.24, 2.45) is 0 Å². The number of halogens is 1. The first-order valence-electron chi connectivity index (χ1n) is 14.0. The molecule has 0 unspecified atom stereocenters. The molecule has 2 saturated carbocycles. The van der Waals surface area contributed by atoms with Crippen molar-refractivity contribution in [2.75, 3.05) is 0 Å². The van der Waals surface area contributed by atoms with Crippen LogP contribution in [0.5, 0.6) is 0 Å². The summed E-state index contributed by atoms with van der Waals surface area (Å²) in [5, 5.41) is 0. The van der Waals surface area contributed by atoms with Gasteiger partial charge >= 0.3 is 0 Å². The molecular weight excluding hydrogens is 518 g/mol. The molecule has 188 valence electrons. The van der Waals surface area contributed by atoms with E-state index >= 15 is 0 Å². The molecule has 2 fully saturated rings. The molecule has 0 N–H and O–H groups in total. The molecular formula is C33H34BrN3. The molecule has 4 heteroatoms. The van der Waals surface area contributed by atoms with Crippen LogP contribution < -0.4 is 0 Å². The summed E-state index contributed by atoms with van der Waals surface area (Å²) in [5.74, 6) is 3.56. The van der Waals surface area contributed by atoms with E-state index in [1.54, 1.807) is 0 Å². The van der Waals surface area contributed by atoms with Crippen LogP contribution in [0.3, 0.4) is 0 Å². The van der Waals surface area contributed by atoms with Crippen LogP contribution >= 0.6 is 15.9 Å². The summed E-state index contributed by atoms with van der Waals surface area (Å²) in [4.78, 5) is 14.8. The molecule has 0 saturated heterocycles. The summed E-state index contributed by atoms with van der Waals surface area (Å²) in [6.07, 6.45) is 13.4. The van der Waals surface area contributed by atoms with Gasteiger partial charge < -0.3 is 0 Å². The largest absolute Gasteiger partial charge is 0.208 e. The smallest absolute Gasteiger partial charge is 0.164 e. The van der Waals surface area contributed by atoms with Gasteiger partial charge in [0.15, 0.2) is 17.5 Å². The SMILES string of the molecule is Brc1ccc(-c2nc(-c3ccc(C4CCCCC4)cc3)nc(-c3ccc(C4CCCCC4)cc3)n2)cc1. The highest BCUT2D eigenvalue weighted by Gasteiger charge is 2.18. The molecule has 3 nitrogen and oxygen atoms in total. The lowest BCUT2D eigenvalue weighted by Crippen LogP contribution is -2.05. The van der Waals surface area contributed by atoms with Crippen molar-refractivity contribution >= 4 is 15.9 Å².